The third-order valence-corrected chi connectivity index (χ3v) is 5.16. The zero-order valence-corrected chi connectivity index (χ0v) is 14.6. The van der Waals surface area contributed by atoms with E-state index < -0.39 is 15.6 Å². The van der Waals surface area contributed by atoms with E-state index in [1.807, 2.05) is 6.92 Å². The summed E-state index contributed by atoms with van der Waals surface area (Å²) in [6.45, 7) is 4.29. The van der Waals surface area contributed by atoms with Crippen molar-refractivity contribution in [3.8, 4) is 0 Å². The number of nitrogens with one attached hydrogen (secondary N) is 1. The second-order valence-corrected chi connectivity index (χ2v) is 7.95. The summed E-state index contributed by atoms with van der Waals surface area (Å²) in [4.78, 5) is 14.6. The number of carbonyl (C=O) groups excluding carboxylic acids is 1. The van der Waals surface area contributed by atoms with Crippen molar-refractivity contribution < 1.29 is 18.3 Å². The van der Waals surface area contributed by atoms with E-state index in [2.05, 4.69) is 4.72 Å². The molecule has 128 valence electrons. The number of hydrogen-bond acceptors (Lipinski definition) is 4. The van der Waals surface area contributed by atoms with Crippen molar-refractivity contribution in [2.75, 3.05) is 24.1 Å². The van der Waals surface area contributed by atoms with E-state index in [0.29, 0.717) is 24.2 Å². The molecule has 0 bridgehead atoms. The number of nitrogens with zero attached hydrogens (tertiary/aromatic N) is 1. The van der Waals surface area contributed by atoms with Crippen molar-refractivity contribution in [1.29, 1.82) is 0 Å². The number of aryl methyl sites for hydroxylation is 1. The fourth-order valence-electron chi connectivity index (χ4n) is 3.12. The molecule has 1 saturated heterocycles. The predicted octanol–water partition coefficient (Wildman–Crippen LogP) is 1.74. The van der Waals surface area contributed by atoms with E-state index in [9.17, 15) is 18.3 Å². The smallest absolute Gasteiger partial charge is 0.254 e. The number of carbonyl (C=O) groups is 1. The zero-order chi connectivity index (χ0) is 17.3. The van der Waals surface area contributed by atoms with Crippen molar-refractivity contribution in [3.05, 3.63) is 29.3 Å². The van der Waals surface area contributed by atoms with Crippen molar-refractivity contribution in [3.63, 3.8) is 0 Å². The Balaban J connectivity index is 2.35. The molecule has 1 unspecified atom stereocenters. The summed E-state index contributed by atoms with van der Waals surface area (Å²) < 4.78 is 25.3. The summed E-state index contributed by atoms with van der Waals surface area (Å²) in [5.41, 5.74) is 1.07. The SMILES string of the molecule is CCC1(CO)CCCN1C(=O)c1ccc(C)c(NS(C)(=O)=O)c1. The molecule has 1 atom stereocenters. The summed E-state index contributed by atoms with van der Waals surface area (Å²) >= 11 is 0. The predicted molar refractivity (Wildman–Crippen MR) is 90.0 cm³/mol. The van der Waals surface area contributed by atoms with Gasteiger partial charge in [-0.2, -0.15) is 0 Å². The van der Waals surface area contributed by atoms with Crippen LogP contribution >= 0.6 is 0 Å². The highest BCUT2D eigenvalue weighted by atomic mass is 32.2. The first-order chi connectivity index (χ1) is 10.7. The normalized spacial score (nSPS) is 21.5. The average molecular weight is 340 g/mol. The lowest BCUT2D eigenvalue weighted by Gasteiger charge is -2.36. The molecule has 1 aromatic rings. The quantitative estimate of drug-likeness (QED) is 0.855. The minimum Gasteiger partial charge on any atom is -0.394 e. The number of sulfonamides is 1. The van der Waals surface area contributed by atoms with Crippen LogP contribution < -0.4 is 4.72 Å². The molecule has 1 aromatic carbocycles. The molecule has 1 heterocycles. The van der Waals surface area contributed by atoms with Crippen molar-refractivity contribution in [2.45, 2.75) is 38.6 Å². The summed E-state index contributed by atoms with van der Waals surface area (Å²) in [6, 6.07) is 4.99. The van der Waals surface area contributed by atoms with Crippen LogP contribution in [0.4, 0.5) is 5.69 Å². The van der Waals surface area contributed by atoms with Gasteiger partial charge in [-0.05, 0) is 43.9 Å². The average Bonchev–Trinajstić information content (AvgIpc) is 2.92. The molecule has 2 N–H and O–H groups in total. The highest BCUT2D eigenvalue weighted by Crippen LogP contribution is 2.33. The fourth-order valence-corrected chi connectivity index (χ4v) is 3.74. The Morgan fingerprint density at radius 1 is 1.43 bits per heavy atom. The summed E-state index contributed by atoms with van der Waals surface area (Å²) in [7, 11) is -3.41. The number of anilines is 1. The van der Waals surface area contributed by atoms with Gasteiger partial charge in [-0.15, -0.1) is 0 Å². The summed E-state index contributed by atoms with van der Waals surface area (Å²) in [5.74, 6) is -0.171. The molecule has 0 radical (unpaired) electrons. The standard InChI is InChI=1S/C16H24N2O4S/c1-4-16(11-19)8-5-9-18(16)15(20)13-7-6-12(2)14(10-13)17-23(3,21)22/h6-7,10,17,19H,4-5,8-9,11H2,1-3H3. The van der Waals surface area contributed by atoms with Crippen LogP contribution in [0.15, 0.2) is 18.2 Å². The largest absolute Gasteiger partial charge is 0.394 e. The van der Waals surface area contributed by atoms with Crippen molar-refractivity contribution in [1.82, 2.24) is 4.90 Å². The van der Waals surface area contributed by atoms with Crippen LogP contribution in [-0.4, -0.2) is 49.3 Å². The van der Waals surface area contributed by atoms with Gasteiger partial charge < -0.3 is 10.0 Å². The maximum Gasteiger partial charge on any atom is 0.254 e. The molecule has 2 rings (SSSR count). The number of aliphatic hydroxyl groups is 1. The molecule has 0 aromatic heterocycles. The lowest BCUT2D eigenvalue weighted by atomic mass is 9.93. The minimum absolute atomic E-state index is 0.0600. The van der Waals surface area contributed by atoms with Gasteiger partial charge in [0, 0.05) is 12.1 Å². The first-order valence-electron chi connectivity index (χ1n) is 7.74. The molecule has 1 aliphatic heterocycles. The molecule has 1 aliphatic rings. The Morgan fingerprint density at radius 3 is 2.70 bits per heavy atom. The van der Waals surface area contributed by atoms with Gasteiger partial charge in [0.2, 0.25) is 10.0 Å². The molecule has 23 heavy (non-hydrogen) atoms. The molecule has 1 amide bonds. The Kier molecular flexibility index (Phi) is 5.01. The Morgan fingerprint density at radius 2 is 2.13 bits per heavy atom. The highest BCUT2D eigenvalue weighted by Gasteiger charge is 2.41. The second kappa shape index (κ2) is 6.49. The van der Waals surface area contributed by atoms with E-state index in [4.69, 9.17) is 0 Å². The van der Waals surface area contributed by atoms with Gasteiger partial charge in [-0.25, -0.2) is 8.42 Å². The van der Waals surface area contributed by atoms with Crippen LogP contribution in [0.25, 0.3) is 0 Å². The van der Waals surface area contributed by atoms with Crippen molar-refractivity contribution in [2.24, 2.45) is 0 Å². The first-order valence-corrected chi connectivity index (χ1v) is 9.63. The lowest BCUT2D eigenvalue weighted by molar-refractivity contribution is 0.0397. The summed E-state index contributed by atoms with van der Waals surface area (Å²) in [6.07, 6.45) is 3.41. The third kappa shape index (κ3) is 3.67. The maximum absolute atomic E-state index is 12.8. The van der Waals surface area contributed by atoms with E-state index in [0.717, 1.165) is 24.7 Å². The van der Waals surface area contributed by atoms with E-state index in [-0.39, 0.29) is 12.5 Å². The zero-order valence-electron chi connectivity index (χ0n) is 13.8. The topological polar surface area (TPSA) is 86.7 Å². The molecule has 0 saturated carbocycles. The molecule has 0 spiro atoms. The molecular formula is C16H24N2O4S. The van der Waals surface area contributed by atoms with Crippen LogP contribution in [0.3, 0.4) is 0 Å². The monoisotopic (exact) mass is 340 g/mol. The second-order valence-electron chi connectivity index (χ2n) is 6.20. The van der Waals surface area contributed by atoms with Crippen LogP contribution in [0.5, 0.6) is 0 Å². The summed E-state index contributed by atoms with van der Waals surface area (Å²) in [5, 5.41) is 9.75. The number of amides is 1. The third-order valence-electron chi connectivity index (χ3n) is 4.57. The van der Waals surface area contributed by atoms with E-state index >= 15 is 0 Å². The number of rotatable bonds is 5. The highest BCUT2D eigenvalue weighted by molar-refractivity contribution is 7.92. The molecular weight excluding hydrogens is 316 g/mol. The number of benzene rings is 1. The minimum atomic E-state index is -3.41. The van der Waals surface area contributed by atoms with Gasteiger partial charge >= 0.3 is 0 Å². The van der Waals surface area contributed by atoms with Crippen LogP contribution in [0, 0.1) is 6.92 Å². The van der Waals surface area contributed by atoms with Crippen molar-refractivity contribution >= 4 is 21.6 Å². The fraction of sp³-hybridized carbons (Fsp3) is 0.562. The van der Waals surface area contributed by atoms with Crippen LogP contribution in [0.1, 0.15) is 42.1 Å². The van der Waals surface area contributed by atoms with E-state index in [1.54, 1.807) is 30.0 Å². The van der Waals surface area contributed by atoms with Gasteiger partial charge in [0.15, 0.2) is 0 Å². The van der Waals surface area contributed by atoms with E-state index in [1.165, 1.54) is 0 Å². The molecule has 0 aliphatic carbocycles. The Labute approximate surface area is 137 Å². The number of hydrogen-bond donors (Lipinski definition) is 2. The van der Waals surface area contributed by atoms with Gasteiger partial charge in [0.1, 0.15) is 0 Å². The van der Waals surface area contributed by atoms with Gasteiger partial charge in [-0.1, -0.05) is 13.0 Å². The van der Waals surface area contributed by atoms with Gasteiger partial charge in [0.25, 0.3) is 5.91 Å². The molecule has 7 heteroatoms. The van der Waals surface area contributed by atoms with Crippen LogP contribution in [0.2, 0.25) is 0 Å². The number of aliphatic hydroxyl groups excluding tert-OH is 1. The number of likely N-dealkylation sites (tertiary alicyclic amines) is 1. The van der Waals surface area contributed by atoms with Crippen LogP contribution in [-0.2, 0) is 10.0 Å². The molecule has 1 fully saturated rings. The maximum atomic E-state index is 12.8. The first kappa shape index (κ1) is 17.7. The molecule has 6 nitrogen and oxygen atoms in total. The Hall–Kier alpha value is -1.60. The Bertz CT molecular complexity index is 696. The van der Waals surface area contributed by atoms with Gasteiger partial charge in [0.05, 0.1) is 24.1 Å². The lowest BCUT2D eigenvalue weighted by Crippen LogP contribution is -2.49. The van der Waals surface area contributed by atoms with Gasteiger partial charge in [-0.3, -0.25) is 9.52 Å².